The minimum Gasteiger partial charge on any atom is -0.392 e. The van der Waals surface area contributed by atoms with E-state index in [-0.39, 0.29) is 17.2 Å². The standard InChI is InChI=1S/C19H28N2O2/c1-12(2)18(23)19(4,5)11-21-16(22)9-14-10-20-15-8-6-7-13(3)17(14)15/h6-8,10,12,18,20,23H,9,11H2,1-5H3,(H,21,22). The van der Waals surface area contributed by atoms with Gasteiger partial charge in [0.2, 0.25) is 5.91 Å². The van der Waals surface area contributed by atoms with E-state index < -0.39 is 6.10 Å². The number of aliphatic hydroxyl groups excluding tert-OH is 1. The third-order valence-electron chi connectivity index (χ3n) is 4.52. The van der Waals surface area contributed by atoms with Crippen molar-refractivity contribution in [2.45, 2.75) is 47.1 Å². The summed E-state index contributed by atoms with van der Waals surface area (Å²) in [6.07, 6.45) is 1.81. The van der Waals surface area contributed by atoms with Crippen molar-refractivity contribution < 1.29 is 9.90 Å². The summed E-state index contributed by atoms with van der Waals surface area (Å²) in [5.74, 6) is 0.149. The molecule has 23 heavy (non-hydrogen) atoms. The average Bonchev–Trinajstić information content (AvgIpc) is 2.89. The summed E-state index contributed by atoms with van der Waals surface area (Å²) in [7, 11) is 0. The predicted octanol–water partition coefficient (Wildman–Crippen LogP) is 3.18. The van der Waals surface area contributed by atoms with E-state index in [4.69, 9.17) is 0 Å². The lowest BCUT2D eigenvalue weighted by Gasteiger charge is -2.33. The number of carbonyl (C=O) groups is 1. The van der Waals surface area contributed by atoms with Crippen LogP contribution in [-0.4, -0.2) is 28.6 Å². The number of H-pyrrole nitrogens is 1. The van der Waals surface area contributed by atoms with Crippen LogP contribution in [0, 0.1) is 18.3 Å². The molecule has 1 aromatic heterocycles. The van der Waals surface area contributed by atoms with Crippen molar-refractivity contribution in [1.82, 2.24) is 10.3 Å². The van der Waals surface area contributed by atoms with Crippen LogP contribution < -0.4 is 5.32 Å². The summed E-state index contributed by atoms with van der Waals surface area (Å²) >= 11 is 0. The molecule has 2 aromatic rings. The Bertz CT molecular complexity index is 686. The number of fused-ring (bicyclic) bond motifs is 1. The first-order chi connectivity index (χ1) is 10.7. The Kier molecular flexibility index (Phi) is 5.15. The molecule has 0 saturated carbocycles. The molecule has 0 spiro atoms. The van der Waals surface area contributed by atoms with Crippen molar-refractivity contribution in [3.63, 3.8) is 0 Å². The molecule has 0 bridgehead atoms. The second-order valence-corrected chi connectivity index (χ2v) is 7.44. The number of aryl methyl sites for hydroxylation is 1. The zero-order chi connectivity index (χ0) is 17.2. The number of benzene rings is 1. The van der Waals surface area contributed by atoms with E-state index in [0.29, 0.717) is 13.0 Å². The molecule has 1 heterocycles. The molecule has 1 atom stereocenters. The van der Waals surface area contributed by atoms with Gasteiger partial charge >= 0.3 is 0 Å². The van der Waals surface area contributed by atoms with E-state index in [9.17, 15) is 9.90 Å². The Labute approximate surface area is 138 Å². The van der Waals surface area contributed by atoms with Crippen LogP contribution in [0.25, 0.3) is 10.9 Å². The third-order valence-corrected chi connectivity index (χ3v) is 4.52. The van der Waals surface area contributed by atoms with Gasteiger partial charge in [0.15, 0.2) is 0 Å². The molecule has 4 nitrogen and oxygen atoms in total. The lowest BCUT2D eigenvalue weighted by atomic mass is 9.80. The van der Waals surface area contributed by atoms with E-state index in [2.05, 4.69) is 23.3 Å². The molecule has 0 fully saturated rings. The summed E-state index contributed by atoms with van der Waals surface area (Å²) < 4.78 is 0. The number of aliphatic hydroxyl groups is 1. The van der Waals surface area contributed by atoms with E-state index in [1.54, 1.807) is 0 Å². The minimum atomic E-state index is -0.446. The van der Waals surface area contributed by atoms with Gasteiger partial charge in [0, 0.05) is 29.1 Å². The van der Waals surface area contributed by atoms with Gasteiger partial charge in [0.25, 0.3) is 0 Å². The Hall–Kier alpha value is -1.81. The van der Waals surface area contributed by atoms with Gasteiger partial charge in [-0.1, -0.05) is 39.8 Å². The van der Waals surface area contributed by atoms with Crippen LogP contribution in [0.1, 0.15) is 38.8 Å². The zero-order valence-electron chi connectivity index (χ0n) is 14.7. The first-order valence-corrected chi connectivity index (χ1v) is 8.22. The van der Waals surface area contributed by atoms with Gasteiger partial charge in [-0.3, -0.25) is 4.79 Å². The van der Waals surface area contributed by atoms with Crippen LogP contribution in [-0.2, 0) is 11.2 Å². The zero-order valence-corrected chi connectivity index (χ0v) is 14.7. The second-order valence-electron chi connectivity index (χ2n) is 7.44. The van der Waals surface area contributed by atoms with Gasteiger partial charge in [-0.15, -0.1) is 0 Å². The number of hydrogen-bond acceptors (Lipinski definition) is 2. The number of hydrogen-bond donors (Lipinski definition) is 3. The van der Waals surface area contributed by atoms with Gasteiger partial charge < -0.3 is 15.4 Å². The van der Waals surface area contributed by atoms with Gasteiger partial charge in [-0.25, -0.2) is 0 Å². The normalized spacial score (nSPS) is 13.5. The maximum absolute atomic E-state index is 12.3. The molecule has 1 unspecified atom stereocenters. The Morgan fingerprint density at radius 3 is 2.70 bits per heavy atom. The van der Waals surface area contributed by atoms with Crippen LogP contribution in [0.15, 0.2) is 24.4 Å². The number of amides is 1. The number of rotatable bonds is 6. The van der Waals surface area contributed by atoms with E-state index in [0.717, 1.165) is 16.5 Å². The van der Waals surface area contributed by atoms with E-state index in [1.807, 2.05) is 46.0 Å². The molecule has 0 aliphatic rings. The lowest BCUT2D eigenvalue weighted by molar-refractivity contribution is -0.121. The van der Waals surface area contributed by atoms with Crippen molar-refractivity contribution in [3.8, 4) is 0 Å². The first kappa shape index (κ1) is 17.5. The topological polar surface area (TPSA) is 65.1 Å². The van der Waals surface area contributed by atoms with Crippen LogP contribution in [0.4, 0.5) is 0 Å². The van der Waals surface area contributed by atoms with Crippen molar-refractivity contribution in [1.29, 1.82) is 0 Å². The monoisotopic (exact) mass is 316 g/mol. The van der Waals surface area contributed by atoms with E-state index >= 15 is 0 Å². The maximum atomic E-state index is 12.3. The van der Waals surface area contributed by atoms with Gasteiger partial charge in [0.05, 0.1) is 12.5 Å². The fraction of sp³-hybridized carbons (Fsp3) is 0.526. The smallest absolute Gasteiger partial charge is 0.224 e. The SMILES string of the molecule is Cc1cccc2[nH]cc(CC(=O)NCC(C)(C)C(O)C(C)C)c12. The van der Waals surface area contributed by atoms with Gasteiger partial charge in [-0.2, -0.15) is 0 Å². The Balaban J connectivity index is 2.02. The Morgan fingerprint density at radius 1 is 1.35 bits per heavy atom. The number of aromatic amines is 1. The first-order valence-electron chi connectivity index (χ1n) is 8.22. The van der Waals surface area contributed by atoms with Crippen molar-refractivity contribution >= 4 is 16.8 Å². The van der Waals surface area contributed by atoms with Crippen LogP contribution >= 0.6 is 0 Å². The van der Waals surface area contributed by atoms with E-state index in [1.165, 1.54) is 5.56 Å². The average molecular weight is 316 g/mol. The number of aromatic nitrogens is 1. The quantitative estimate of drug-likeness (QED) is 0.766. The van der Waals surface area contributed by atoms with Crippen molar-refractivity contribution in [2.24, 2.45) is 11.3 Å². The Morgan fingerprint density at radius 2 is 2.04 bits per heavy atom. The van der Waals surface area contributed by atoms with Crippen molar-refractivity contribution in [2.75, 3.05) is 6.54 Å². The largest absolute Gasteiger partial charge is 0.392 e. The van der Waals surface area contributed by atoms with Crippen LogP contribution in [0.5, 0.6) is 0 Å². The molecule has 0 saturated heterocycles. The molecular weight excluding hydrogens is 288 g/mol. The molecule has 2 rings (SSSR count). The lowest BCUT2D eigenvalue weighted by Crippen LogP contribution is -2.43. The summed E-state index contributed by atoms with van der Waals surface area (Å²) in [5.41, 5.74) is 2.89. The molecule has 126 valence electrons. The van der Waals surface area contributed by atoms with Crippen LogP contribution in [0.3, 0.4) is 0 Å². The highest BCUT2D eigenvalue weighted by Gasteiger charge is 2.30. The maximum Gasteiger partial charge on any atom is 0.224 e. The molecule has 0 radical (unpaired) electrons. The summed E-state index contributed by atoms with van der Waals surface area (Å²) in [6.45, 7) is 10.5. The fourth-order valence-corrected chi connectivity index (χ4v) is 3.16. The van der Waals surface area contributed by atoms with Crippen LogP contribution in [0.2, 0.25) is 0 Å². The van der Waals surface area contributed by atoms with Crippen molar-refractivity contribution in [3.05, 3.63) is 35.5 Å². The van der Waals surface area contributed by atoms with Gasteiger partial charge in [-0.05, 0) is 30.0 Å². The summed E-state index contributed by atoms with van der Waals surface area (Å²) in [5, 5.41) is 14.3. The third kappa shape index (κ3) is 3.94. The second kappa shape index (κ2) is 6.75. The summed E-state index contributed by atoms with van der Waals surface area (Å²) in [4.78, 5) is 15.5. The molecule has 1 amide bonds. The number of nitrogens with one attached hydrogen (secondary N) is 2. The highest BCUT2D eigenvalue weighted by Crippen LogP contribution is 2.25. The highest BCUT2D eigenvalue weighted by molar-refractivity contribution is 5.91. The highest BCUT2D eigenvalue weighted by atomic mass is 16.3. The molecule has 0 aliphatic carbocycles. The minimum absolute atomic E-state index is 0.0156. The number of carbonyl (C=O) groups excluding carboxylic acids is 1. The molecule has 4 heteroatoms. The molecule has 3 N–H and O–H groups in total. The van der Waals surface area contributed by atoms with Gasteiger partial charge in [0.1, 0.15) is 0 Å². The fourth-order valence-electron chi connectivity index (χ4n) is 3.16. The molecule has 0 aliphatic heterocycles. The summed E-state index contributed by atoms with van der Waals surface area (Å²) in [6, 6.07) is 6.08. The predicted molar refractivity (Wildman–Crippen MR) is 94.4 cm³/mol. The molecule has 1 aromatic carbocycles. The molecular formula is C19H28N2O2.